The molecule has 2 aromatic carbocycles. The highest BCUT2D eigenvalue weighted by atomic mass is 32.1. The highest BCUT2D eigenvalue weighted by molar-refractivity contribution is 7.13. The maximum atomic E-state index is 12.4. The number of ether oxygens (including phenoxy) is 2. The molecular weight excluding hydrogens is 512 g/mol. The molecule has 1 unspecified atom stereocenters. The van der Waals surface area contributed by atoms with Gasteiger partial charge in [0.25, 0.3) is 5.91 Å². The Balaban J connectivity index is 0.000000350. The number of nitrogens with zero attached hydrogens (tertiary/aromatic N) is 2. The van der Waals surface area contributed by atoms with Crippen LogP contribution in [0.15, 0.2) is 54.0 Å². The van der Waals surface area contributed by atoms with E-state index in [1.807, 2.05) is 67.6 Å². The number of carbonyl (C=O) groups excluding carboxylic acids is 2. The molecule has 39 heavy (non-hydrogen) atoms. The van der Waals surface area contributed by atoms with E-state index in [-0.39, 0.29) is 5.91 Å². The molecule has 4 rings (SSSR count). The van der Waals surface area contributed by atoms with E-state index in [0.717, 1.165) is 36.4 Å². The summed E-state index contributed by atoms with van der Waals surface area (Å²) in [6.07, 6.45) is 2.90. The van der Waals surface area contributed by atoms with Crippen LogP contribution in [0.5, 0.6) is 5.75 Å². The number of aromatic nitrogens is 1. The van der Waals surface area contributed by atoms with Crippen LogP contribution in [-0.4, -0.2) is 62.2 Å². The summed E-state index contributed by atoms with van der Waals surface area (Å²) in [5.74, 6) is 0.817. The Morgan fingerprint density at radius 1 is 1.18 bits per heavy atom. The molecule has 0 spiro atoms. The van der Waals surface area contributed by atoms with Crippen molar-refractivity contribution in [2.24, 2.45) is 5.73 Å². The summed E-state index contributed by atoms with van der Waals surface area (Å²) in [6.45, 7) is 10.6. The van der Waals surface area contributed by atoms with E-state index < -0.39 is 0 Å². The van der Waals surface area contributed by atoms with Gasteiger partial charge in [0, 0.05) is 31.8 Å². The molecule has 1 aromatic heterocycles. The zero-order valence-corrected chi connectivity index (χ0v) is 24.9. The third kappa shape index (κ3) is 11.2. The molecule has 0 saturated carbocycles. The molecule has 214 valence electrons. The molecule has 0 radical (unpaired) electrons. The molecule has 3 aromatic rings. The van der Waals surface area contributed by atoms with Gasteiger partial charge in [0.2, 0.25) is 6.41 Å². The summed E-state index contributed by atoms with van der Waals surface area (Å²) in [6, 6.07) is 15.9. The van der Waals surface area contributed by atoms with E-state index in [0.29, 0.717) is 37.8 Å². The van der Waals surface area contributed by atoms with Crippen LogP contribution >= 0.6 is 11.3 Å². The van der Waals surface area contributed by atoms with Crippen molar-refractivity contribution in [2.45, 2.75) is 53.1 Å². The van der Waals surface area contributed by atoms with Gasteiger partial charge in [-0.1, -0.05) is 44.2 Å². The molecule has 1 aliphatic rings. The zero-order valence-electron chi connectivity index (χ0n) is 24.1. The Morgan fingerprint density at radius 3 is 2.46 bits per heavy atom. The maximum Gasteiger partial charge on any atom is 0.254 e. The standard InChI is InChI=1S/C15H21NO3.C12H12N2OS.C2H6.CH5N/c1-12-5-4-8-16(12)15(17)13-6-3-7-14(11-13)19-10-9-18-2;1-9-12(16-8-14-9)11-4-2-10(3-5-11)6-13-7-15;2*1-2/h3,6-7,11-12H,4-5,8-10H2,1-2H3;2-5,7-8H,6H2,1H3,(H,13,15);1-2H3;2H2,1H3. The number of hydrogen-bond donors (Lipinski definition) is 2. The fraction of sp³-hybridized carbons (Fsp3) is 0.433. The lowest BCUT2D eigenvalue weighted by Gasteiger charge is -2.21. The zero-order chi connectivity index (χ0) is 29.0. The van der Waals surface area contributed by atoms with Crippen LogP contribution in [0, 0.1) is 6.92 Å². The summed E-state index contributed by atoms with van der Waals surface area (Å²) in [7, 11) is 3.14. The smallest absolute Gasteiger partial charge is 0.254 e. The first-order valence-electron chi connectivity index (χ1n) is 13.3. The minimum absolute atomic E-state index is 0.0993. The number of hydrogen-bond acceptors (Lipinski definition) is 7. The summed E-state index contributed by atoms with van der Waals surface area (Å²) in [5, 5.41) is 2.64. The number of benzene rings is 2. The van der Waals surface area contributed by atoms with Gasteiger partial charge in [-0.3, -0.25) is 9.59 Å². The molecule has 1 saturated heterocycles. The molecule has 1 atom stereocenters. The minimum atomic E-state index is 0.0993. The van der Waals surface area contributed by atoms with Crippen LogP contribution in [0.4, 0.5) is 0 Å². The van der Waals surface area contributed by atoms with Crippen molar-refractivity contribution in [1.29, 1.82) is 0 Å². The first-order chi connectivity index (χ1) is 19.0. The number of aryl methyl sites for hydroxylation is 1. The predicted molar refractivity (Wildman–Crippen MR) is 160 cm³/mol. The molecule has 0 aliphatic carbocycles. The second-order valence-corrected chi connectivity index (χ2v) is 9.18. The molecule has 2 heterocycles. The van der Waals surface area contributed by atoms with Gasteiger partial charge in [-0.05, 0) is 63.1 Å². The number of nitrogens with two attached hydrogens (primary N) is 1. The Hall–Kier alpha value is -3.27. The second-order valence-electron chi connectivity index (χ2n) is 8.32. The van der Waals surface area contributed by atoms with E-state index in [9.17, 15) is 9.59 Å². The van der Waals surface area contributed by atoms with Gasteiger partial charge in [-0.15, -0.1) is 11.3 Å². The van der Waals surface area contributed by atoms with Gasteiger partial charge >= 0.3 is 0 Å². The van der Waals surface area contributed by atoms with Crippen molar-refractivity contribution in [3.8, 4) is 16.2 Å². The van der Waals surface area contributed by atoms with Gasteiger partial charge < -0.3 is 25.4 Å². The van der Waals surface area contributed by atoms with E-state index in [2.05, 4.69) is 35.1 Å². The first-order valence-corrected chi connectivity index (χ1v) is 14.2. The average molecular weight is 557 g/mol. The van der Waals surface area contributed by atoms with Crippen molar-refractivity contribution in [2.75, 3.05) is 33.9 Å². The van der Waals surface area contributed by atoms with Crippen molar-refractivity contribution in [3.63, 3.8) is 0 Å². The van der Waals surface area contributed by atoms with Crippen LogP contribution in [0.1, 0.15) is 55.2 Å². The second kappa shape index (κ2) is 19.7. The first kappa shape index (κ1) is 33.8. The normalized spacial score (nSPS) is 13.5. The van der Waals surface area contributed by atoms with E-state index >= 15 is 0 Å². The van der Waals surface area contributed by atoms with Crippen molar-refractivity contribution < 1.29 is 19.1 Å². The van der Waals surface area contributed by atoms with E-state index in [4.69, 9.17) is 9.47 Å². The van der Waals surface area contributed by atoms with Crippen molar-refractivity contribution in [1.82, 2.24) is 15.2 Å². The summed E-state index contributed by atoms with van der Waals surface area (Å²) < 4.78 is 10.5. The number of methoxy groups -OCH3 is 1. The lowest BCUT2D eigenvalue weighted by molar-refractivity contribution is -0.109. The number of rotatable bonds is 9. The minimum Gasteiger partial charge on any atom is -0.491 e. The van der Waals surface area contributed by atoms with Gasteiger partial charge in [-0.2, -0.15) is 0 Å². The number of carbonyl (C=O) groups is 2. The highest BCUT2D eigenvalue weighted by Crippen LogP contribution is 2.27. The monoisotopic (exact) mass is 556 g/mol. The molecule has 0 bridgehead atoms. The van der Waals surface area contributed by atoms with Crippen LogP contribution < -0.4 is 15.8 Å². The third-order valence-electron chi connectivity index (χ3n) is 5.80. The third-order valence-corrected chi connectivity index (χ3v) is 6.78. The maximum absolute atomic E-state index is 12.4. The van der Waals surface area contributed by atoms with Crippen LogP contribution in [0.2, 0.25) is 0 Å². The van der Waals surface area contributed by atoms with Crippen molar-refractivity contribution >= 4 is 23.7 Å². The summed E-state index contributed by atoms with van der Waals surface area (Å²) >= 11 is 1.64. The van der Waals surface area contributed by atoms with Gasteiger partial charge in [0.05, 0.1) is 22.7 Å². The number of nitrogens with one attached hydrogen (secondary N) is 1. The van der Waals surface area contributed by atoms with Crippen LogP contribution in [0.25, 0.3) is 10.4 Å². The fourth-order valence-electron chi connectivity index (χ4n) is 3.88. The molecule has 8 nitrogen and oxygen atoms in total. The van der Waals surface area contributed by atoms with E-state index in [1.165, 1.54) is 17.5 Å². The molecule has 1 fully saturated rings. The quantitative estimate of drug-likeness (QED) is 0.274. The van der Waals surface area contributed by atoms with Gasteiger partial charge in [0.15, 0.2) is 0 Å². The number of amides is 2. The number of likely N-dealkylation sites (tertiary alicyclic amines) is 1. The summed E-state index contributed by atoms with van der Waals surface area (Å²) in [5.41, 5.74) is 10.4. The van der Waals surface area contributed by atoms with Gasteiger partial charge in [-0.25, -0.2) is 4.98 Å². The lowest BCUT2D eigenvalue weighted by Crippen LogP contribution is -2.33. The lowest BCUT2D eigenvalue weighted by atomic mass is 10.1. The Kier molecular flexibility index (Phi) is 17.1. The topological polar surface area (TPSA) is 107 Å². The predicted octanol–water partition coefficient (Wildman–Crippen LogP) is 5.30. The van der Waals surface area contributed by atoms with Crippen molar-refractivity contribution in [3.05, 3.63) is 70.9 Å². The molecule has 3 N–H and O–H groups in total. The van der Waals surface area contributed by atoms with Gasteiger partial charge in [0.1, 0.15) is 12.4 Å². The average Bonchev–Trinajstić information content (AvgIpc) is 3.62. The van der Waals surface area contributed by atoms with Crippen LogP contribution in [-0.2, 0) is 16.1 Å². The largest absolute Gasteiger partial charge is 0.491 e. The SMILES string of the molecule is CC.CN.COCCOc1cccc(C(=O)N2CCCC2C)c1.Cc1ncsc1-c1ccc(CNC=O)cc1. The molecule has 1 aliphatic heterocycles. The Labute approximate surface area is 237 Å². The summed E-state index contributed by atoms with van der Waals surface area (Å²) in [4.78, 5) is 29.9. The number of thiazole rings is 1. The van der Waals surface area contributed by atoms with E-state index in [1.54, 1.807) is 18.4 Å². The van der Waals surface area contributed by atoms with Crippen LogP contribution in [0.3, 0.4) is 0 Å². The molecular formula is C30H44N4O4S. The molecule has 9 heteroatoms. The Morgan fingerprint density at radius 2 is 1.90 bits per heavy atom. The molecule has 2 amide bonds. The highest BCUT2D eigenvalue weighted by Gasteiger charge is 2.26. The Bertz CT molecular complexity index is 1090. The fourth-order valence-corrected chi connectivity index (χ4v) is 4.69.